The lowest BCUT2D eigenvalue weighted by Gasteiger charge is -2.16. The van der Waals surface area contributed by atoms with Gasteiger partial charge in [-0.1, -0.05) is 17.8 Å². The van der Waals surface area contributed by atoms with Crippen LogP contribution in [0.1, 0.15) is 12.5 Å². The average Bonchev–Trinajstić information content (AvgIpc) is 3.03. The van der Waals surface area contributed by atoms with Crippen LogP contribution in [0, 0.1) is 5.82 Å². The van der Waals surface area contributed by atoms with Crippen LogP contribution in [-0.2, 0) is 0 Å². The van der Waals surface area contributed by atoms with Crippen molar-refractivity contribution in [3.05, 3.63) is 39.9 Å². The Morgan fingerprint density at radius 3 is 3.05 bits per heavy atom. The second-order valence-electron chi connectivity index (χ2n) is 4.59. The molecule has 104 valence electrons. The van der Waals surface area contributed by atoms with Crippen LogP contribution < -0.4 is 0 Å². The molecule has 6 heteroatoms. The van der Waals surface area contributed by atoms with Crippen LogP contribution in [0.15, 0.2) is 33.5 Å². The molecule has 0 fully saturated rings. The number of halogens is 2. The van der Waals surface area contributed by atoms with Crippen LogP contribution >= 0.6 is 40.1 Å². The van der Waals surface area contributed by atoms with E-state index >= 15 is 0 Å². The van der Waals surface area contributed by atoms with Gasteiger partial charge in [0.2, 0.25) is 0 Å². The Bertz CT molecular complexity index is 751. The minimum atomic E-state index is -0.136. The number of amidine groups is 1. The summed E-state index contributed by atoms with van der Waals surface area (Å²) in [6, 6.07) is 5.28. The van der Waals surface area contributed by atoms with Gasteiger partial charge in [-0.2, -0.15) is 0 Å². The van der Waals surface area contributed by atoms with Crippen molar-refractivity contribution in [1.29, 1.82) is 0 Å². The van der Waals surface area contributed by atoms with Gasteiger partial charge in [-0.3, -0.25) is 4.99 Å². The number of hydrogen-bond donors (Lipinski definition) is 0. The molecule has 0 radical (unpaired) electrons. The van der Waals surface area contributed by atoms with Gasteiger partial charge in [0.1, 0.15) is 5.82 Å². The molecule has 0 bridgehead atoms. The summed E-state index contributed by atoms with van der Waals surface area (Å²) in [4.78, 5) is 7.91. The van der Waals surface area contributed by atoms with E-state index in [4.69, 9.17) is 0 Å². The fourth-order valence-corrected chi connectivity index (χ4v) is 4.65. The zero-order valence-corrected chi connectivity index (χ0v) is 14.1. The lowest BCUT2D eigenvalue weighted by molar-refractivity contribution is 0.635. The molecule has 0 N–H and O–H groups in total. The molecule has 2 aliphatic heterocycles. The van der Waals surface area contributed by atoms with Gasteiger partial charge in [0.15, 0.2) is 5.17 Å². The summed E-state index contributed by atoms with van der Waals surface area (Å²) in [6.45, 7) is 3.83. The van der Waals surface area contributed by atoms with E-state index in [1.54, 1.807) is 29.2 Å². The first-order valence-electron chi connectivity index (χ1n) is 6.12. The highest BCUT2D eigenvalue weighted by Crippen LogP contribution is 2.44. The highest BCUT2D eigenvalue weighted by atomic mass is 79.9. The number of rotatable bonds is 1. The maximum atomic E-state index is 14.1. The summed E-state index contributed by atoms with van der Waals surface area (Å²) in [5.41, 5.74) is 2.15. The first-order chi connectivity index (χ1) is 9.25. The first-order valence-corrected chi connectivity index (χ1v) is 7.82. The van der Waals surface area contributed by atoms with Crippen LogP contribution in [-0.4, -0.2) is 23.2 Å². The summed E-state index contributed by atoms with van der Waals surface area (Å²) in [7, 11) is 0. The molecule has 0 amide bonds. The fourth-order valence-electron chi connectivity index (χ4n) is 2.65. The number of allylic oxidation sites excluding steroid dienone is 1. The smallest absolute Gasteiger partial charge is 0.168 e. The van der Waals surface area contributed by atoms with Crippen LogP contribution in [0.3, 0.4) is 0 Å². The highest BCUT2D eigenvalue weighted by Gasteiger charge is 2.32. The van der Waals surface area contributed by atoms with E-state index in [2.05, 4.69) is 22.2 Å². The topological polar surface area (TPSA) is 15.6 Å². The zero-order valence-electron chi connectivity index (χ0n) is 10.7. The summed E-state index contributed by atoms with van der Waals surface area (Å²) >= 11 is 3.30. The van der Waals surface area contributed by atoms with E-state index < -0.39 is 0 Å². The number of benzene rings is 1. The molecule has 1 aromatic carbocycles. The van der Waals surface area contributed by atoms with Gasteiger partial charge in [-0.15, -0.1) is 28.3 Å². The molecule has 0 spiro atoms. The van der Waals surface area contributed by atoms with E-state index in [1.807, 2.05) is 6.07 Å². The van der Waals surface area contributed by atoms with Gasteiger partial charge in [0.05, 0.1) is 12.2 Å². The zero-order chi connectivity index (χ0) is 13.0. The molecule has 2 aliphatic rings. The molecule has 2 nitrogen and oxygen atoms in total. The number of thioether (sulfide) groups is 1. The molecule has 0 saturated heterocycles. The lowest BCUT2D eigenvalue weighted by Crippen LogP contribution is -2.19. The number of aliphatic imine (C=N–C) groups is 1. The van der Waals surface area contributed by atoms with Crippen LogP contribution in [0.4, 0.5) is 4.39 Å². The second kappa shape index (κ2) is 5.16. The van der Waals surface area contributed by atoms with Crippen molar-refractivity contribution in [3.63, 3.8) is 0 Å². The van der Waals surface area contributed by atoms with E-state index in [1.165, 1.54) is 11.0 Å². The monoisotopic (exact) mass is 370 g/mol. The maximum Gasteiger partial charge on any atom is 0.168 e. The maximum absolute atomic E-state index is 14.1. The van der Waals surface area contributed by atoms with E-state index in [0.29, 0.717) is 0 Å². The molecule has 0 unspecified atom stereocenters. The van der Waals surface area contributed by atoms with Crippen LogP contribution in [0.25, 0.3) is 15.8 Å². The molecule has 20 heavy (non-hydrogen) atoms. The minimum absolute atomic E-state index is 0. The predicted octanol–water partition coefficient (Wildman–Crippen LogP) is 4.73. The van der Waals surface area contributed by atoms with Crippen molar-refractivity contribution in [2.45, 2.75) is 6.92 Å². The SMILES string of the molecule is Br.CC1=C(c2csc3cccc(F)c23)N2CCN=C2S1. The van der Waals surface area contributed by atoms with Crippen molar-refractivity contribution in [1.82, 2.24) is 4.90 Å². The second-order valence-corrected chi connectivity index (χ2v) is 6.68. The molecule has 0 saturated carbocycles. The number of fused-ring (bicyclic) bond motifs is 2. The minimum Gasteiger partial charge on any atom is -0.318 e. The molecular formula is C14H12BrFN2S2. The van der Waals surface area contributed by atoms with Crippen molar-refractivity contribution in [3.8, 4) is 0 Å². The quantitative estimate of drug-likeness (QED) is 0.721. The van der Waals surface area contributed by atoms with Gasteiger partial charge in [0, 0.05) is 32.5 Å². The third kappa shape index (κ3) is 1.93. The number of thiophene rings is 1. The number of nitrogens with zero attached hydrogens (tertiary/aromatic N) is 2. The van der Waals surface area contributed by atoms with Gasteiger partial charge in [-0.05, 0) is 19.1 Å². The third-order valence-corrected chi connectivity index (χ3v) is 5.43. The van der Waals surface area contributed by atoms with Crippen LogP contribution in [0.5, 0.6) is 0 Å². The van der Waals surface area contributed by atoms with Crippen molar-refractivity contribution < 1.29 is 4.39 Å². The Kier molecular flexibility index (Phi) is 3.64. The Morgan fingerprint density at radius 2 is 2.20 bits per heavy atom. The Balaban J connectivity index is 0.00000121. The first kappa shape index (κ1) is 14.1. The molecule has 0 aliphatic carbocycles. The molecular weight excluding hydrogens is 359 g/mol. The van der Waals surface area contributed by atoms with Crippen molar-refractivity contribution in [2.75, 3.05) is 13.1 Å². The fraction of sp³-hybridized carbons (Fsp3) is 0.214. The van der Waals surface area contributed by atoms with Crippen LogP contribution in [0.2, 0.25) is 0 Å². The summed E-state index contributed by atoms with van der Waals surface area (Å²) in [6.07, 6.45) is 0. The Hall–Kier alpha value is -0.850. The molecule has 2 aromatic rings. The third-order valence-electron chi connectivity index (χ3n) is 3.45. The standard InChI is InChI=1S/C14H11FN2S2.BrH/c1-8-13(17-6-5-16-14(17)19-8)9-7-18-11-4-2-3-10(15)12(9)11;/h2-4,7H,5-6H2,1H3;1H. The van der Waals surface area contributed by atoms with E-state index in [-0.39, 0.29) is 22.8 Å². The summed E-state index contributed by atoms with van der Waals surface area (Å²) in [5.74, 6) is -0.136. The molecule has 3 heterocycles. The predicted molar refractivity (Wildman–Crippen MR) is 91.3 cm³/mol. The Labute approximate surface area is 135 Å². The largest absolute Gasteiger partial charge is 0.318 e. The molecule has 1 aromatic heterocycles. The van der Waals surface area contributed by atoms with E-state index in [9.17, 15) is 4.39 Å². The van der Waals surface area contributed by atoms with Crippen molar-refractivity contribution >= 4 is 61.0 Å². The molecule has 4 rings (SSSR count). The summed E-state index contributed by atoms with van der Waals surface area (Å²) < 4.78 is 15.1. The van der Waals surface area contributed by atoms with E-state index in [0.717, 1.165) is 39.6 Å². The van der Waals surface area contributed by atoms with Gasteiger partial charge in [-0.25, -0.2) is 4.39 Å². The van der Waals surface area contributed by atoms with Gasteiger partial charge in [0.25, 0.3) is 0 Å². The molecule has 0 atom stereocenters. The van der Waals surface area contributed by atoms with Crippen molar-refractivity contribution in [2.24, 2.45) is 4.99 Å². The Morgan fingerprint density at radius 1 is 1.35 bits per heavy atom. The van der Waals surface area contributed by atoms with Gasteiger partial charge >= 0.3 is 0 Å². The lowest BCUT2D eigenvalue weighted by atomic mass is 10.1. The van der Waals surface area contributed by atoms with Gasteiger partial charge < -0.3 is 4.90 Å². The average molecular weight is 371 g/mol. The normalized spacial score (nSPS) is 17.5. The number of hydrogen-bond acceptors (Lipinski definition) is 4. The summed E-state index contributed by atoms with van der Waals surface area (Å²) in [5, 5.41) is 3.87. The highest BCUT2D eigenvalue weighted by molar-refractivity contribution is 8.93.